The van der Waals surface area contributed by atoms with E-state index in [-0.39, 0.29) is 17.5 Å². The molecule has 19 heavy (non-hydrogen) atoms. The molecule has 2 aromatic rings. The molecule has 0 radical (unpaired) electrons. The fourth-order valence-corrected chi connectivity index (χ4v) is 2.15. The van der Waals surface area contributed by atoms with E-state index in [9.17, 15) is 14.9 Å². The molecule has 0 saturated carbocycles. The molecule has 1 aromatic carbocycles. The van der Waals surface area contributed by atoms with Gasteiger partial charge in [0.2, 0.25) is 0 Å². The summed E-state index contributed by atoms with van der Waals surface area (Å²) in [5.74, 6) is 0. The number of nitrogens with zero attached hydrogens (tertiary/aromatic N) is 1. The second kappa shape index (κ2) is 5.06. The van der Waals surface area contributed by atoms with E-state index in [0.717, 1.165) is 0 Å². The van der Waals surface area contributed by atoms with Crippen molar-refractivity contribution >= 4 is 22.7 Å². The normalized spacial score (nSPS) is 13.7. The van der Waals surface area contributed by atoms with Crippen LogP contribution in [0.1, 0.15) is 20.3 Å². The van der Waals surface area contributed by atoms with Crippen LogP contribution in [0.4, 0.5) is 0 Å². The first kappa shape index (κ1) is 13.0. The summed E-state index contributed by atoms with van der Waals surface area (Å²) in [6.45, 7) is 3.40. The zero-order valence-corrected chi connectivity index (χ0v) is 10.8. The SMILES string of the molecule is C/C=c1/c(=O)c2ccccc2[nH]/c1=C(/CC)[N+](=O)[O-]. The third kappa shape index (κ3) is 2.14. The summed E-state index contributed by atoms with van der Waals surface area (Å²) in [5.41, 5.74) is 0.455. The third-order valence-corrected chi connectivity index (χ3v) is 3.08. The van der Waals surface area contributed by atoms with Gasteiger partial charge < -0.3 is 4.98 Å². The number of nitro groups is 1. The molecule has 0 amide bonds. The van der Waals surface area contributed by atoms with Crippen molar-refractivity contribution in [3.8, 4) is 0 Å². The van der Waals surface area contributed by atoms with Crippen molar-refractivity contribution in [2.24, 2.45) is 0 Å². The highest BCUT2D eigenvalue weighted by Crippen LogP contribution is 2.03. The van der Waals surface area contributed by atoms with Crippen LogP contribution in [0.25, 0.3) is 22.7 Å². The fourth-order valence-electron chi connectivity index (χ4n) is 2.15. The van der Waals surface area contributed by atoms with Gasteiger partial charge in [-0.1, -0.05) is 25.1 Å². The Balaban J connectivity index is 3.15. The lowest BCUT2D eigenvalue weighted by Gasteiger charge is -2.00. The van der Waals surface area contributed by atoms with Gasteiger partial charge in [-0.15, -0.1) is 0 Å². The maximum absolute atomic E-state index is 12.3. The largest absolute Gasteiger partial charge is 0.349 e. The van der Waals surface area contributed by atoms with Gasteiger partial charge in [0.1, 0.15) is 5.35 Å². The van der Waals surface area contributed by atoms with E-state index >= 15 is 0 Å². The first-order chi connectivity index (χ1) is 9.10. The summed E-state index contributed by atoms with van der Waals surface area (Å²) >= 11 is 0. The van der Waals surface area contributed by atoms with Crippen LogP contribution < -0.4 is 16.0 Å². The van der Waals surface area contributed by atoms with E-state index in [1.54, 1.807) is 44.2 Å². The molecule has 1 N–H and O–H groups in total. The topological polar surface area (TPSA) is 76.0 Å². The van der Waals surface area contributed by atoms with Gasteiger partial charge >= 0.3 is 0 Å². The molecule has 1 aromatic heterocycles. The van der Waals surface area contributed by atoms with Crippen molar-refractivity contribution in [3.63, 3.8) is 0 Å². The zero-order chi connectivity index (χ0) is 14.0. The van der Waals surface area contributed by atoms with E-state index in [1.807, 2.05) is 0 Å². The maximum atomic E-state index is 12.3. The van der Waals surface area contributed by atoms with Crippen molar-refractivity contribution in [3.05, 3.63) is 55.2 Å². The van der Waals surface area contributed by atoms with Gasteiger partial charge in [-0.05, 0) is 19.1 Å². The second-order valence-electron chi connectivity index (χ2n) is 4.13. The lowest BCUT2D eigenvalue weighted by Crippen LogP contribution is -2.43. The van der Waals surface area contributed by atoms with Crippen LogP contribution >= 0.6 is 0 Å². The number of hydrogen-bond acceptors (Lipinski definition) is 3. The van der Waals surface area contributed by atoms with Gasteiger partial charge in [-0.25, -0.2) is 0 Å². The molecular weight excluding hydrogens is 244 g/mol. The molecule has 0 aliphatic rings. The first-order valence-electron chi connectivity index (χ1n) is 6.05. The standard InChI is InChI=1S/C14H14N2O3/c1-3-9-13(12(4-2)16(18)19)15-11-8-6-5-7-10(11)14(9)17/h3,5-8,15H,4H2,1-2H3/b9-3+,13-12-. The average molecular weight is 258 g/mol. The molecule has 0 fully saturated rings. The Kier molecular flexibility index (Phi) is 3.46. The van der Waals surface area contributed by atoms with Gasteiger partial charge in [0.15, 0.2) is 5.43 Å². The summed E-state index contributed by atoms with van der Waals surface area (Å²) in [6.07, 6.45) is 1.86. The Morgan fingerprint density at radius 1 is 1.42 bits per heavy atom. The number of aromatic nitrogens is 1. The van der Waals surface area contributed by atoms with Crippen LogP contribution in [0.3, 0.4) is 0 Å². The number of rotatable bonds is 2. The quantitative estimate of drug-likeness (QED) is 0.648. The molecule has 2 rings (SSSR count). The average Bonchev–Trinajstić information content (AvgIpc) is 2.39. The number of H-pyrrole nitrogens is 1. The van der Waals surface area contributed by atoms with E-state index < -0.39 is 4.92 Å². The monoisotopic (exact) mass is 258 g/mol. The molecule has 0 bridgehead atoms. The molecule has 0 spiro atoms. The molecule has 98 valence electrons. The second-order valence-corrected chi connectivity index (χ2v) is 4.13. The predicted octanol–water partition coefficient (Wildman–Crippen LogP) is 1.12. The lowest BCUT2D eigenvalue weighted by atomic mass is 10.1. The Bertz CT molecular complexity index is 819. The highest BCUT2D eigenvalue weighted by molar-refractivity contribution is 5.78. The van der Waals surface area contributed by atoms with Crippen LogP contribution in [-0.2, 0) is 0 Å². The highest BCUT2D eigenvalue weighted by Gasteiger charge is 2.12. The number of fused-ring (bicyclic) bond motifs is 1. The summed E-state index contributed by atoms with van der Waals surface area (Å²) < 4.78 is 0. The molecule has 5 heteroatoms. The Morgan fingerprint density at radius 2 is 2.11 bits per heavy atom. The van der Waals surface area contributed by atoms with Crippen molar-refractivity contribution in [1.29, 1.82) is 0 Å². The number of benzene rings is 1. The Labute approximate surface area is 109 Å². The summed E-state index contributed by atoms with van der Waals surface area (Å²) in [5, 5.41) is 12.3. The van der Waals surface area contributed by atoms with E-state index in [0.29, 0.717) is 21.5 Å². The van der Waals surface area contributed by atoms with Crippen LogP contribution in [0.2, 0.25) is 0 Å². The molecule has 5 nitrogen and oxygen atoms in total. The zero-order valence-electron chi connectivity index (χ0n) is 10.8. The number of para-hydroxylation sites is 1. The van der Waals surface area contributed by atoms with Crippen LogP contribution in [0.5, 0.6) is 0 Å². The number of aromatic amines is 1. The maximum Gasteiger partial charge on any atom is 0.269 e. The smallest absolute Gasteiger partial charge is 0.269 e. The van der Waals surface area contributed by atoms with Gasteiger partial charge in [-0.2, -0.15) is 0 Å². The van der Waals surface area contributed by atoms with Crippen LogP contribution in [-0.4, -0.2) is 9.91 Å². The lowest BCUT2D eigenvalue weighted by molar-refractivity contribution is -0.382. The molecule has 0 aliphatic heterocycles. The first-order valence-corrected chi connectivity index (χ1v) is 6.05. The van der Waals surface area contributed by atoms with Gasteiger partial charge in [0.25, 0.3) is 5.70 Å². The van der Waals surface area contributed by atoms with Crippen molar-refractivity contribution in [2.45, 2.75) is 20.3 Å². The minimum Gasteiger partial charge on any atom is -0.349 e. The van der Waals surface area contributed by atoms with Crippen LogP contribution in [0.15, 0.2) is 29.1 Å². The van der Waals surface area contributed by atoms with Crippen LogP contribution in [0, 0.1) is 10.1 Å². The molecular formula is C14H14N2O3. The minimum absolute atomic E-state index is 0.0240. The molecule has 0 aliphatic carbocycles. The molecule has 0 unspecified atom stereocenters. The van der Waals surface area contributed by atoms with E-state index in [2.05, 4.69) is 4.98 Å². The van der Waals surface area contributed by atoms with Gasteiger partial charge in [0, 0.05) is 22.5 Å². The Morgan fingerprint density at radius 3 is 2.68 bits per heavy atom. The highest BCUT2D eigenvalue weighted by atomic mass is 16.6. The molecule has 0 saturated heterocycles. The molecule has 1 heterocycles. The van der Waals surface area contributed by atoms with Crippen molar-refractivity contribution < 1.29 is 4.92 Å². The van der Waals surface area contributed by atoms with Gasteiger partial charge in [0.05, 0.1) is 4.92 Å². The minimum atomic E-state index is -0.437. The summed E-state index contributed by atoms with van der Waals surface area (Å²) in [7, 11) is 0. The van der Waals surface area contributed by atoms with E-state index in [4.69, 9.17) is 0 Å². The fraction of sp³-hybridized carbons (Fsp3) is 0.214. The summed E-state index contributed by atoms with van der Waals surface area (Å²) in [6, 6.07) is 7.01. The van der Waals surface area contributed by atoms with Gasteiger partial charge in [-0.3, -0.25) is 14.9 Å². The number of hydrogen-bond donors (Lipinski definition) is 1. The Hall–Kier alpha value is -2.43. The van der Waals surface area contributed by atoms with Crippen molar-refractivity contribution in [1.82, 2.24) is 4.98 Å². The summed E-state index contributed by atoms with van der Waals surface area (Å²) in [4.78, 5) is 26.0. The molecule has 0 atom stereocenters. The van der Waals surface area contributed by atoms with E-state index in [1.165, 1.54) is 0 Å². The third-order valence-electron chi connectivity index (χ3n) is 3.08. The number of nitrogens with one attached hydrogen (secondary N) is 1. The number of pyridine rings is 1. The van der Waals surface area contributed by atoms with Crippen molar-refractivity contribution in [2.75, 3.05) is 0 Å². The predicted molar refractivity (Wildman–Crippen MR) is 74.7 cm³/mol.